The highest BCUT2D eigenvalue weighted by molar-refractivity contribution is 6.00. The molecule has 0 bridgehead atoms. The fraction of sp³-hybridized carbons (Fsp3) is 0.136. The zero-order valence-electron chi connectivity index (χ0n) is 15.1. The summed E-state index contributed by atoms with van der Waals surface area (Å²) in [5, 5.41) is 20.2. The van der Waals surface area contributed by atoms with Gasteiger partial charge in [-0.05, 0) is 22.8 Å². The monoisotopic (exact) mass is 376 g/mol. The highest BCUT2D eigenvalue weighted by atomic mass is 16.5. The molecule has 1 amide bonds. The van der Waals surface area contributed by atoms with Gasteiger partial charge in [0.05, 0.1) is 0 Å². The molecule has 6 nitrogen and oxygen atoms in total. The van der Waals surface area contributed by atoms with Crippen LogP contribution in [0.4, 0.5) is 5.69 Å². The van der Waals surface area contributed by atoms with E-state index >= 15 is 0 Å². The summed E-state index contributed by atoms with van der Waals surface area (Å²) in [5.74, 6) is -0.741. The van der Waals surface area contributed by atoms with Crippen LogP contribution in [-0.2, 0) is 19.7 Å². The van der Waals surface area contributed by atoms with Crippen LogP contribution in [0.2, 0.25) is 0 Å². The molecule has 0 atom stereocenters. The summed E-state index contributed by atoms with van der Waals surface area (Å²) >= 11 is 0. The van der Waals surface area contributed by atoms with Crippen molar-refractivity contribution in [2.75, 3.05) is 5.73 Å². The number of rotatable bonds is 4. The first kappa shape index (κ1) is 17.7. The van der Waals surface area contributed by atoms with E-state index in [9.17, 15) is 15.0 Å². The van der Waals surface area contributed by atoms with Gasteiger partial charge >= 0.3 is 0 Å². The highest BCUT2D eigenvalue weighted by Gasteiger charge is 2.30. The Labute approximate surface area is 162 Å². The molecule has 3 aromatic rings. The van der Waals surface area contributed by atoms with Gasteiger partial charge in [0.25, 0.3) is 5.91 Å². The molecule has 4 rings (SSSR count). The van der Waals surface area contributed by atoms with Crippen LogP contribution < -0.4 is 10.5 Å². The van der Waals surface area contributed by atoms with Gasteiger partial charge in [-0.3, -0.25) is 4.79 Å². The lowest BCUT2D eigenvalue weighted by Gasteiger charge is -2.19. The molecule has 0 aromatic heterocycles. The third-order valence-corrected chi connectivity index (χ3v) is 4.82. The lowest BCUT2D eigenvalue weighted by Crippen LogP contribution is -2.26. The second kappa shape index (κ2) is 7.15. The molecule has 0 saturated carbocycles. The van der Waals surface area contributed by atoms with Crippen molar-refractivity contribution in [2.24, 2.45) is 0 Å². The highest BCUT2D eigenvalue weighted by Crippen LogP contribution is 2.37. The van der Waals surface area contributed by atoms with Crippen molar-refractivity contribution in [3.05, 3.63) is 82.9 Å². The summed E-state index contributed by atoms with van der Waals surface area (Å²) in [7, 11) is 0. The van der Waals surface area contributed by atoms with Crippen LogP contribution in [0.1, 0.15) is 27.0 Å². The zero-order valence-corrected chi connectivity index (χ0v) is 15.1. The number of ether oxygens (including phenoxy) is 1. The smallest absolute Gasteiger partial charge is 0.262 e. The van der Waals surface area contributed by atoms with Crippen LogP contribution in [0.5, 0.6) is 17.2 Å². The number of nitrogens with two attached hydrogens (primary N) is 1. The third kappa shape index (κ3) is 3.32. The van der Waals surface area contributed by atoms with Crippen molar-refractivity contribution >= 4 is 11.6 Å². The number of nitrogen functional groups attached to an aromatic ring is 1. The second-order valence-electron chi connectivity index (χ2n) is 6.76. The minimum Gasteiger partial charge on any atom is -0.508 e. The number of benzene rings is 3. The Morgan fingerprint density at radius 1 is 1.04 bits per heavy atom. The summed E-state index contributed by atoms with van der Waals surface area (Å²) < 4.78 is 5.77. The number of fused-ring (bicyclic) bond motifs is 1. The molecule has 1 aliphatic rings. The van der Waals surface area contributed by atoms with E-state index in [4.69, 9.17) is 10.5 Å². The van der Waals surface area contributed by atoms with Crippen molar-refractivity contribution in [1.29, 1.82) is 0 Å². The van der Waals surface area contributed by atoms with E-state index < -0.39 is 0 Å². The van der Waals surface area contributed by atoms with Crippen LogP contribution >= 0.6 is 0 Å². The van der Waals surface area contributed by atoms with E-state index in [0.717, 1.165) is 22.8 Å². The van der Waals surface area contributed by atoms with Crippen LogP contribution in [0.3, 0.4) is 0 Å². The summed E-state index contributed by atoms with van der Waals surface area (Å²) in [6, 6.07) is 17.5. The van der Waals surface area contributed by atoms with Crippen molar-refractivity contribution in [2.45, 2.75) is 19.7 Å². The number of carbonyl (C=O) groups excluding carboxylic acids is 1. The number of carbonyl (C=O) groups is 1. The number of nitrogens with zero attached hydrogens (tertiary/aromatic N) is 1. The SMILES string of the molecule is Nc1cccc2c1CN(C(=O)c1c(O)cc(O)cc1OCc1ccccc1)C2. The number of hydrogen-bond acceptors (Lipinski definition) is 5. The molecule has 3 aromatic carbocycles. The number of phenolic OH excluding ortho intramolecular Hbond substituents is 2. The Morgan fingerprint density at radius 2 is 1.82 bits per heavy atom. The molecule has 0 radical (unpaired) electrons. The van der Waals surface area contributed by atoms with Crippen molar-refractivity contribution in [3.8, 4) is 17.2 Å². The molecule has 1 heterocycles. The molecule has 0 fully saturated rings. The molecule has 0 spiro atoms. The van der Waals surface area contributed by atoms with E-state index in [0.29, 0.717) is 18.8 Å². The summed E-state index contributed by atoms with van der Waals surface area (Å²) in [6.07, 6.45) is 0. The van der Waals surface area contributed by atoms with Crippen molar-refractivity contribution in [1.82, 2.24) is 4.90 Å². The second-order valence-corrected chi connectivity index (χ2v) is 6.76. The molecule has 1 aliphatic heterocycles. The molecular formula is C22H20N2O4. The normalized spacial score (nSPS) is 12.6. The lowest BCUT2D eigenvalue weighted by molar-refractivity contribution is 0.0743. The summed E-state index contributed by atoms with van der Waals surface area (Å²) in [5.41, 5.74) is 9.50. The molecule has 142 valence electrons. The number of amides is 1. The number of anilines is 1. The minimum absolute atomic E-state index is 0.0279. The maximum Gasteiger partial charge on any atom is 0.262 e. The first-order valence-corrected chi connectivity index (χ1v) is 8.91. The molecule has 6 heteroatoms. The molecule has 0 saturated heterocycles. The summed E-state index contributed by atoms with van der Waals surface area (Å²) in [4.78, 5) is 14.8. The minimum atomic E-state index is -0.379. The number of hydrogen-bond donors (Lipinski definition) is 3. The first-order valence-electron chi connectivity index (χ1n) is 8.91. The Hall–Kier alpha value is -3.67. The average molecular weight is 376 g/mol. The third-order valence-electron chi connectivity index (χ3n) is 4.82. The summed E-state index contributed by atoms with van der Waals surface area (Å²) in [6.45, 7) is 0.966. The van der Waals surface area contributed by atoms with Gasteiger partial charge in [-0.15, -0.1) is 0 Å². The topological polar surface area (TPSA) is 96.0 Å². The number of phenols is 2. The zero-order chi connectivity index (χ0) is 19.7. The van der Waals surface area contributed by atoms with Gasteiger partial charge in [-0.2, -0.15) is 0 Å². The maximum absolute atomic E-state index is 13.2. The Balaban J connectivity index is 1.62. The van der Waals surface area contributed by atoms with Gasteiger partial charge in [-0.25, -0.2) is 0 Å². The molecule has 0 aliphatic carbocycles. The van der Waals surface area contributed by atoms with Gasteiger partial charge in [0.15, 0.2) is 0 Å². The molecule has 28 heavy (non-hydrogen) atoms. The number of aromatic hydroxyl groups is 2. The van der Waals surface area contributed by atoms with E-state index in [-0.39, 0.29) is 35.3 Å². The maximum atomic E-state index is 13.2. The first-order chi connectivity index (χ1) is 13.5. The predicted molar refractivity (Wildman–Crippen MR) is 105 cm³/mol. The van der Waals surface area contributed by atoms with Gasteiger partial charge in [0, 0.05) is 30.9 Å². The molecule has 0 unspecified atom stereocenters. The Morgan fingerprint density at radius 3 is 2.57 bits per heavy atom. The quantitative estimate of drug-likeness (QED) is 0.607. The fourth-order valence-corrected chi connectivity index (χ4v) is 3.40. The van der Waals surface area contributed by atoms with Gasteiger partial charge in [-0.1, -0.05) is 42.5 Å². The van der Waals surface area contributed by atoms with Gasteiger partial charge in [0.1, 0.15) is 29.4 Å². The van der Waals surface area contributed by atoms with E-state index in [2.05, 4.69) is 0 Å². The van der Waals surface area contributed by atoms with E-state index in [1.54, 1.807) is 11.0 Å². The van der Waals surface area contributed by atoms with E-state index in [1.807, 2.05) is 42.5 Å². The average Bonchev–Trinajstić information content (AvgIpc) is 3.12. The lowest BCUT2D eigenvalue weighted by atomic mass is 10.1. The van der Waals surface area contributed by atoms with Crippen molar-refractivity contribution in [3.63, 3.8) is 0 Å². The van der Waals surface area contributed by atoms with Crippen LogP contribution in [-0.4, -0.2) is 21.0 Å². The van der Waals surface area contributed by atoms with E-state index in [1.165, 1.54) is 6.07 Å². The van der Waals surface area contributed by atoms with Crippen LogP contribution in [0, 0.1) is 0 Å². The fourth-order valence-electron chi connectivity index (χ4n) is 3.40. The van der Waals surface area contributed by atoms with Crippen molar-refractivity contribution < 1.29 is 19.7 Å². The Bertz CT molecular complexity index is 1030. The Kier molecular flexibility index (Phi) is 4.53. The van der Waals surface area contributed by atoms with Gasteiger partial charge < -0.3 is 25.6 Å². The predicted octanol–water partition coefficient (Wildman–Crippen LogP) is 3.42. The van der Waals surface area contributed by atoms with Gasteiger partial charge in [0.2, 0.25) is 0 Å². The molecule has 4 N–H and O–H groups in total. The van der Waals surface area contributed by atoms with Crippen LogP contribution in [0.15, 0.2) is 60.7 Å². The molecular weight excluding hydrogens is 356 g/mol. The standard InChI is InChI=1S/C22H20N2O4/c23-18-8-4-7-15-11-24(12-17(15)18)22(27)21-19(26)9-16(25)10-20(21)28-13-14-5-2-1-3-6-14/h1-10,25-26H,11-13,23H2. The largest absolute Gasteiger partial charge is 0.508 e. The van der Waals surface area contributed by atoms with Crippen LogP contribution in [0.25, 0.3) is 0 Å².